The second kappa shape index (κ2) is 5.07. The minimum absolute atomic E-state index is 0.163. The van der Waals surface area contributed by atoms with Crippen molar-refractivity contribution in [3.05, 3.63) is 23.3 Å². The first-order valence-corrected chi connectivity index (χ1v) is 9.77. The molecule has 1 heteroatoms. The fraction of sp³-hybridized carbons (Fsp3) is 0.773. The van der Waals surface area contributed by atoms with Crippen LogP contribution in [-0.2, 0) is 4.79 Å². The summed E-state index contributed by atoms with van der Waals surface area (Å²) in [5.74, 6) is 3.54. The largest absolute Gasteiger partial charge is 0.295 e. The molecule has 0 bridgehead atoms. The van der Waals surface area contributed by atoms with Crippen LogP contribution in [0.1, 0.15) is 72.6 Å². The Morgan fingerprint density at radius 1 is 1.04 bits per heavy atom. The minimum atomic E-state index is 0.163. The van der Waals surface area contributed by atoms with Crippen LogP contribution < -0.4 is 0 Å². The number of rotatable bonds is 1. The van der Waals surface area contributed by atoms with Crippen LogP contribution in [0.5, 0.6) is 0 Å². The van der Waals surface area contributed by atoms with Gasteiger partial charge in [-0.1, -0.05) is 38.5 Å². The van der Waals surface area contributed by atoms with Crippen molar-refractivity contribution in [3.8, 4) is 0 Å². The summed E-state index contributed by atoms with van der Waals surface area (Å²) >= 11 is 0. The zero-order valence-electron chi connectivity index (χ0n) is 15.3. The molecule has 4 rings (SSSR count). The van der Waals surface area contributed by atoms with Crippen LogP contribution in [-0.4, -0.2) is 5.78 Å². The maximum absolute atomic E-state index is 12.1. The highest BCUT2D eigenvalue weighted by atomic mass is 16.1. The Labute approximate surface area is 141 Å². The first-order valence-electron chi connectivity index (χ1n) is 9.77. The van der Waals surface area contributed by atoms with Gasteiger partial charge in [-0.25, -0.2) is 0 Å². The third-order valence-corrected chi connectivity index (χ3v) is 8.31. The molecule has 23 heavy (non-hydrogen) atoms. The Bertz CT molecular complexity index is 597. The molecule has 4 aliphatic rings. The molecule has 2 saturated carbocycles. The lowest BCUT2D eigenvalue weighted by Crippen LogP contribution is -2.49. The number of Topliss-reactive ketones (excluding diaryl/α,β-unsaturated/α-hetero) is 1. The lowest BCUT2D eigenvalue weighted by atomic mass is 9.47. The van der Waals surface area contributed by atoms with Gasteiger partial charge in [0.15, 0.2) is 5.78 Å². The molecule has 0 aromatic heterocycles. The highest BCUT2D eigenvalue weighted by Crippen LogP contribution is 2.65. The van der Waals surface area contributed by atoms with Crippen molar-refractivity contribution in [3.63, 3.8) is 0 Å². The Balaban J connectivity index is 1.67. The van der Waals surface area contributed by atoms with E-state index < -0.39 is 0 Å². The van der Waals surface area contributed by atoms with E-state index in [0.29, 0.717) is 17.1 Å². The average molecular weight is 312 g/mol. The number of allylic oxidation sites excluding steroid dienone is 4. The summed E-state index contributed by atoms with van der Waals surface area (Å²) < 4.78 is 0. The number of carbonyl (C=O) groups is 1. The molecule has 0 spiro atoms. The van der Waals surface area contributed by atoms with Gasteiger partial charge in [0.1, 0.15) is 0 Å². The minimum Gasteiger partial charge on any atom is -0.295 e. The van der Waals surface area contributed by atoms with Crippen molar-refractivity contribution in [1.29, 1.82) is 0 Å². The topological polar surface area (TPSA) is 17.1 Å². The standard InChI is InChI=1S/C22H32O/c1-14-9-11-21(3)16(13-14)5-6-17-19-8-7-18(15(2)23)22(19,4)12-10-20(17)21/h5,7,14,17,19-20H,6,8-13H2,1-4H3/t14?,17-,19-,20-,21-,22+/m0/s1. The molecule has 4 aliphatic carbocycles. The highest BCUT2D eigenvalue weighted by Gasteiger charge is 2.56. The Morgan fingerprint density at radius 2 is 1.78 bits per heavy atom. The van der Waals surface area contributed by atoms with Gasteiger partial charge in [0, 0.05) is 0 Å². The summed E-state index contributed by atoms with van der Waals surface area (Å²) in [6, 6.07) is 0. The van der Waals surface area contributed by atoms with Crippen LogP contribution in [0.25, 0.3) is 0 Å². The van der Waals surface area contributed by atoms with Crippen molar-refractivity contribution in [2.45, 2.75) is 72.6 Å². The summed E-state index contributed by atoms with van der Waals surface area (Å²) in [5.41, 5.74) is 3.55. The molecule has 0 N–H and O–H groups in total. The van der Waals surface area contributed by atoms with Crippen molar-refractivity contribution in [2.75, 3.05) is 0 Å². The van der Waals surface area contributed by atoms with Gasteiger partial charge in [-0.05, 0) is 91.9 Å². The highest BCUT2D eigenvalue weighted by molar-refractivity contribution is 5.95. The third-order valence-electron chi connectivity index (χ3n) is 8.31. The summed E-state index contributed by atoms with van der Waals surface area (Å²) in [4.78, 5) is 12.1. The zero-order chi connectivity index (χ0) is 16.4. The van der Waals surface area contributed by atoms with Gasteiger partial charge in [-0.2, -0.15) is 0 Å². The molecule has 0 radical (unpaired) electrons. The van der Waals surface area contributed by atoms with Gasteiger partial charge in [-0.15, -0.1) is 0 Å². The molecule has 2 fully saturated rings. The van der Waals surface area contributed by atoms with Crippen LogP contribution in [0.4, 0.5) is 0 Å². The lowest BCUT2D eigenvalue weighted by Gasteiger charge is -2.57. The van der Waals surface area contributed by atoms with Crippen molar-refractivity contribution >= 4 is 5.78 Å². The smallest absolute Gasteiger partial charge is 0.156 e. The van der Waals surface area contributed by atoms with Crippen molar-refractivity contribution in [1.82, 2.24) is 0 Å². The van der Waals surface area contributed by atoms with E-state index in [1.54, 1.807) is 12.5 Å². The Morgan fingerprint density at radius 3 is 2.52 bits per heavy atom. The quantitative estimate of drug-likeness (QED) is 0.567. The maximum atomic E-state index is 12.1. The predicted octanol–water partition coefficient (Wildman–Crippen LogP) is 5.71. The van der Waals surface area contributed by atoms with E-state index in [4.69, 9.17) is 0 Å². The summed E-state index contributed by atoms with van der Waals surface area (Å²) in [5, 5.41) is 0. The average Bonchev–Trinajstić information content (AvgIpc) is 2.85. The summed E-state index contributed by atoms with van der Waals surface area (Å²) in [7, 11) is 0. The number of hydrogen-bond acceptors (Lipinski definition) is 1. The van der Waals surface area contributed by atoms with Gasteiger partial charge in [0.05, 0.1) is 0 Å². The number of hydrogen-bond donors (Lipinski definition) is 0. The molecule has 0 aromatic rings. The molecular formula is C22H32O. The zero-order valence-corrected chi connectivity index (χ0v) is 15.3. The summed E-state index contributed by atoms with van der Waals surface area (Å²) in [6.07, 6.45) is 14.0. The number of ketones is 1. The molecular weight excluding hydrogens is 280 g/mol. The first-order chi connectivity index (χ1) is 10.9. The lowest BCUT2D eigenvalue weighted by molar-refractivity contribution is -0.115. The van der Waals surface area contributed by atoms with Crippen LogP contribution in [0, 0.1) is 34.5 Å². The van der Waals surface area contributed by atoms with Gasteiger partial charge >= 0.3 is 0 Å². The molecule has 0 amide bonds. The second-order valence-corrected chi connectivity index (χ2v) is 9.47. The fourth-order valence-electron chi connectivity index (χ4n) is 6.96. The summed E-state index contributed by atoms with van der Waals surface area (Å²) in [6.45, 7) is 9.15. The van der Waals surface area contributed by atoms with Crippen LogP contribution in [0.2, 0.25) is 0 Å². The normalized spacial score (nSPS) is 48.7. The van der Waals surface area contributed by atoms with Gasteiger partial charge < -0.3 is 0 Å². The van der Waals surface area contributed by atoms with Gasteiger partial charge in [-0.3, -0.25) is 4.79 Å². The molecule has 0 aromatic carbocycles. The molecule has 1 unspecified atom stereocenters. The van der Waals surface area contributed by atoms with Gasteiger partial charge in [0.2, 0.25) is 0 Å². The molecule has 0 heterocycles. The molecule has 126 valence electrons. The third kappa shape index (κ3) is 2.07. The van der Waals surface area contributed by atoms with Gasteiger partial charge in [0.25, 0.3) is 0 Å². The van der Waals surface area contributed by atoms with Crippen LogP contribution in [0.15, 0.2) is 23.3 Å². The maximum Gasteiger partial charge on any atom is 0.156 e. The van der Waals surface area contributed by atoms with Crippen LogP contribution in [0.3, 0.4) is 0 Å². The molecule has 1 nitrogen and oxygen atoms in total. The van der Waals surface area contributed by atoms with Crippen LogP contribution >= 0.6 is 0 Å². The molecule has 0 aliphatic heterocycles. The first kappa shape index (κ1) is 15.7. The Hall–Kier alpha value is -0.850. The van der Waals surface area contributed by atoms with E-state index in [2.05, 4.69) is 32.9 Å². The molecule has 0 saturated heterocycles. The van der Waals surface area contributed by atoms with E-state index in [1.165, 1.54) is 38.5 Å². The van der Waals surface area contributed by atoms with Crippen molar-refractivity contribution in [2.24, 2.45) is 34.5 Å². The SMILES string of the molecule is CC(=O)C1=CC[C@H]2[C@@H]3CC=C4CC(C)CC[C@]4(C)[C@H]3CC[C@]12C. The number of carbonyl (C=O) groups excluding carboxylic acids is 1. The number of fused-ring (bicyclic) bond motifs is 5. The molecule has 6 atom stereocenters. The van der Waals surface area contributed by atoms with E-state index in [1.807, 2.05) is 0 Å². The van der Waals surface area contributed by atoms with E-state index in [-0.39, 0.29) is 5.41 Å². The Kier molecular flexibility index (Phi) is 3.45. The fourth-order valence-corrected chi connectivity index (χ4v) is 6.96. The monoisotopic (exact) mass is 312 g/mol. The van der Waals surface area contributed by atoms with E-state index >= 15 is 0 Å². The predicted molar refractivity (Wildman–Crippen MR) is 95.0 cm³/mol. The van der Waals surface area contributed by atoms with E-state index in [9.17, 15) is 4.79 Å². The second-order valence-electron chi connectivity index (χ2n) is 9.47. The van der Waals surface area contributed by atoms with Crippen molar-refractivity contribution < 1.29 is 4.79 Å². The van der Waals surface area contributed by atoms with E-state index in [0.717, 1.165) is 29.7 Å².